The summed E-state index contributed by atoms with van der Waals surface area (Å²) in [5.74, 6) is -0.0424. The van der Waals surface area contributed by atoms with E-state index in [9.17, 15) is 18.0 Å². The number of anilines is 2. The van der Waals surface area contributed by atoms with Crippen molar-refractivity contribution < 1.29 is 22.7 Å². The molecule has 12 heteroatoms. The zero-order valence-electron chi connectivity index (χ0n) is 16.3. The van der Waals surface area contributed by atoms with Gasteiger partial charge in [0.15, 0.2) is 0 Å². The largest absolute Gasteiger partial charge is 0.469 e. The summed E-state index contributed by atoms with van der Waals surface area (Å²) in [5.41, 5.74) is 0.846. The number of aromatic amines is 1. The van der Waals surface area contributed by atoms with E-state index in [0.29, 0.717) is 16.7 Å². The van der Waals surface area contributed by atoms with Gasteiger partial charge in [0.25, 0.3) is 6.43 Å². The van der Waals surface area contributed by atoms with Gasteiger partial charge in [-0.05, 0) is 18.6 Å². The fourth-order valence-corrected chi connectivity index (χ4v) is 3.33. The SMILES string of the molecule is C=CC(=O)N1CC[C@@H](F)[C@@H](Oc2nc(Nc3cnn(CC(F)F)c3)nc3[nH]ccc23)C1. The first-order chi connectivity index (χ1) is 14.9. The molecule has 1 aliphatic heterocycles. The Morgan fingerprint density at radius 3 is 3.06 bits per heavy atom. The number of ether oxygens (including phenoxy) is 1. The van der Waals surface area contributed by atoms with Crippen molar-refractivity contribution in [2.24, 2.45) is 0 Å². The topological polar surface area (TPSA) is 101 Å². The lowest BCUT2D eigenvalue weighted by molar-refractivity contribution is -0.130. The van der Waals surface area contributed by atoms with E-state index in [1.54, 1.807) is 12.3 Å². The second-order valence-electron chi connectivity index (χ2n) is 7.01. The highest BCUT2D eigenvalue weighted by Gasteiger charge is 2.33. The van der Waals surface area contributed by atoms with E-state index in [-0.39, 0.29) is 37.2 Å². The third-order valence-corrected chi connectivity index (χ3v) is 4.82. The molecule has 9 nitrogen and oxygen atoms in total. The number of rotatable bonds is 7. The van der Waals surface area contributed by atoms with Gasteiger partial charge < -0.3 is 19.9 Å². The molecule has 0 spiro atoms. The number of nitrogens with one attached hydrogen (secondary N) is 2. The quantitative estimate of drug-likeness (QED) is 0.554. The number of hydrogen-bond acceptors (Lipinski definition) is 6. The first kappa shape index (κ1) is 20.7. The van der Waals surface area contributed by atoms with Crippen LogP contribution in [0.5, 0.6) is 5.88 Å². The van der Waals surface area contributed by atoms with E-state index in [0.717, 1.165) is 4.68 Å². The smallest absolute Gasteiger partial charge is 0.257 e. The number of hydrogen-bond donors (Lipinski definition) is 2. The van der Waals surface area contributed by atoms with Gasteiger partial charge in [-0.25, -0.2) is 13.2 Å². The van der Waals surface area contributed by atoms with E-state index in [4.69, 9.17) is 4.74 Å². The third kappa shape index (κ3) is 4.62. The van der Waals surface area contributed by atoms with Crippen molar-refractivity contribution in [1.29, 1.82) is 0 Å². The summed E-state index contributed by atoms with van der Waals surface area (Å²) in [4.78, 5) is 24.9. The fourth-order valence-electron chi connectivity index (χ4n) is 3.33. The number of nitrogens with zero attached hydrogens (tertiary/aromatic N) is 5. The Labute approximate surface area is 174 Å². The molecule has 0 radical (unpaired) electrons. The average Bonchev–Trinajstić information content (AvgIpc) is 3.38. The van der Waals surface area contributed by atoms with Crippen LogP contribution in [0.1, 0.15) is 6.42 Å². The van der Waals surface area contributed by atoms with Crippen molar-refractivity contribution in [3.8, 4) is 5.88 Å². The first-order valence-corrected chi connectivity index (χ1v) is 9.57. The molecule has 164 valence electrons. The second kappa shape index (κ2) is 8.66. The van der Waals surface area contributed by atoms with Crippen LogP contribution in [-0.4, -0.2) is 67.3 Å². The molecule has 0 saturated carbocycles. The van der Waals surface area contributed by atoms with Crippen molar-refractivity contribution >= 4 is 28.6 Å². The molecule has 2 N–H and O–H groups in total. The van der Waals surface area contributed by atoms with Gasteiger partial charge in [-0.3, -0.25) is 9.48 Å². The number of carbonyl (C=O) groups is 1. The molecule has 4 heterocycles. The minimum Gasteiger partial charge on any atom is -0.469 e. The summed E-state index contributed by atoms with van der Waals surface area (Å²) in [5, 5.41) is 7.27. The Balaban J connectivity index is 1.56. The molecular formula is C19H20F3N7O2. The van der Waals surface area contributed by atoms with Crippen molar-refractivity contribution in [3.05, 3.63) is 37.3 Å². The molecule has 1 fully saturated rings. The van der Waals surface area contributed by atoms with Gasteiger partial charge in [0.05, 0.1) is 23.8 Å². The molecule has 2 atom stereocenters. The van der Waals surface area contributed by atoms with Crippen LogP contribution in [0.15, 0.2) is 37.3 Å². The minimum absolute atomic E-state index is 0.0606. The van der Waals surface area contributed by atoms with Crippen LogP contribution < -0.4 is 10.1 Å². The average molecular weight is 435 g/mol. The number of H-pyrrole nitrogens is 1. The van der Waals surface area contributed by atoms with Crippen molar-refractivity contribution in [3.63, 3.8) is 0 Å². The first-order valence-electron chi connectivity index (χ1n) is 9.57. The maximum atomic E-state index is 14.5. The van der Waals surface area contributed by atoms with Gasteiger partial charge in [0.1, 0.15) is 24.5 Å². The second-order valence-corrected chi connectivity index (χ2v) is 7.01. The predicted octanol–water partition coefficient (Wildman–Crippen LogP) is 2.67. The number of fused-ring (bicyclic) bond motifs is 1. The molecule has 31 heavy (non-hydrogen) atoms. The molecule has 0 unspecified atom stereocenters. The number of carbonyl (C=O) groups excluding carboxylic acids is 1. The third-order valence-electron chi connectivity index (χ3n) is 4.82. The summed E-state index contributed by atoms with van der Waals surface area (Å²) in [6.45, 7) is 3.27. The molecule has 1 saturated heterocycles. The fraction of sp³-hybridized carbons (Fsp3) is 0.368. The molecule has 0 aliphatic carbocycles. The molecule has 0 bridgehead atoms. The standard InChI is InChI=1S/C19H20F3N7O2/c1-2-16(30)28-6-4-13(20)14(9-28)31-18-12-3-5-23-17(12)26-19(27-18)25-11-7-24-29(8-11)10-15(21)22/h2-3,5,7-8,13-15H,1,4,6,9-10H2,(H2,23,25,26,27)/t13-,14+/m1/s1. The lowest BCUT2D eigenvalue weighted by Gasteiger charge is -2.34. The van der Waals surface area contributed by atoms with Crippen LogP contribution in [0.4, 0.5) is 24.8 Å². The molecule has 0 aromatic carbocycles. The molecule has 1 amide bonds. The van der Waals surface area contributed by atoms with Gasteiger partial charge in [-0.15, -0.1) is 0 Å². The molecule has 4 rings (SSSR count). The van der Waals surface area contributed by atoms with Crippen molar-refractivity contribution in [2.75, 3.05) is 18.4 Å². The van der Waals surface area contributed by atoms with E-state index in [1.165, 1.54) is 23.4 Å². The van der Waals surface area contributed by atoms with Gasteiger partial charge in [-0.2, -0.15) is 15.1 Å². The van der Waals surface area contributed by atoms with E-state index in [2.05, 4.69) is 31.9 Å². The van der Waals surface area contributed by atoms with Crippen LogP contribution in [0.2, 0.25) is 0 Å². The number of likely N-dealkylation sites (tertiary alicyclic amines) is 1. The number of halogens is 3. The number of piperidine rings is 1. The summed E-state index contributed by atoms with van der Waals surface area (Å²) in [6, 6.07) is 1.69. The lowest BCUT2D eigenvalue weighted by Crippen LogP contribution is -2.49. The molecular weight excluding hydrogens is 415 g/mol. The maximum Gasteiger partial charge on any atom is 0.257 e. The highest BCUT2D eigenvalue weighted by molar-refractivity contribution is 5.87. The van der Waals surface area contributed by atoms with Crippen LogP contribution in [-0.2, 0) is 11.3 Å². The van der Waals surface area contributed by atoms with Gasteiger partial charge in [0, 0.05) is 18.9 Å². The van der Waals surface area contributed by atoms with E-state index >= 15 is 0 Å². The molecule has 1 aliphatic rings. The monoisotopic (exact) mass is 435 g/mol. The Morgan fingerprint density at radius 1 is 1.45 bits per heavy atom. The highest BCUT2D eigenvalue weighted by Crippen LogP contribution is 2.28. The Morgan fingerprint density at radius 2 is 2.29 bits per heavy atom. The Kier molecular flexibility index (Phi) is 5.78. The predicted molar refractivity (Wildman–Crippen MR) is 106 cm³/mol. The van der Waals surface area contributed by atoms with Crippen LogP contribution in [0.3, 0.4) is 0 Å². The molecule has 3 aromatic heterocycles. The zero-order chi connectivity index (χ0) is 22.0. The lowest BCUT2D eigenvalue weighted by atomic mass is 10.1. The maximum absolute atomic E-state index is 14.5. The van der Waals surface area contributed by atoms with E-state index in [1.807, 2.05) is 0 Å². The van der Waals surface area contributed by atoms with Crippen LogP contribution in [0.25, 0.3) is 11.0 Å². The zero-order valence-corrected chi connectivity index (χ0v) is 16.3. The van der Waals surface area contributed by atoms with Crippen LogP contribution in [0, 0.1) is 0 Å². The Bertz CT molecular complexity index is 1080. The number of alkyl halides is 3. The summed E-state index contributed by atoms with van der Waals surface area (Å²) >= 11 is 0. The van der Waals surface area contributed by atoms with Gasteiger partial charge in [-0.1, -0.05) is 6.58 Å². The van der Waals surface area contributed by atoms with Gasteiger partial charge in [0.2, 0.25) is 17.7 Å². The summed E-state index contributed by atoms with van der Waals surface area (Å²) < 4.78 is 46.5. The van der Waals surface area contributed by atoms with Crippen molar-refractivity contribution in [2.45, 2.75) is 31.7 Å². The van der Waals surface area contributed by atoms with Crippen LogP contribution >= 0.6 is 0 Å². The summed E-state index contributed by atoms with van der Waals surface area (Å²) in [7, 11) is 0. The molecule has 3 aromatic rings. The number of aromatic nitrogens is 5. The van der Waals surface area contributed by atoms with Gasteiger partial charge >= 0.3 is 0 Å². The van der Waals surface area contributed by atoms with E-state index < -0.39 is 25.2 Å². The minimum atomic E-state index is -2.53. The summed E-state index contributed by atoms with van der Waals surface area (Å²) in [6.07, 6.45) is 0.999. The highest BCUT2D eigenvalue weighted by atomic mass is 19.3. The number of amides is 1. The Hall–Kier alpha value is -3.57. The van der Waals surface area contributed by atoms with Crippen molar-refractivity contribution in [1.82, 2.24) is 29.6 Å². The normalized spacial score (nSPS) is 19.0.